The Labute approximate surface area is 110 Å². The molecule has 94 valence electrons. The first kappa shape index (κ1) is 14.3. The summed E-state index contributed by atoms with van der Waals surface area (Å²) in [6.07, 6.45) is -1.65. The van der Waals surface area contributed by atoms with Gasteiger partial charge in [0, 0.05) is 11.5 Å². The first-order valence-corrected chi connectivity index (χ1v) is 6.08. The van der Waals surface area contributed by atoms with Gasteiger partial charge in [0.25, 0.3) is 6.43 Å². The van der Waals surface area contributed by atoms with Crippen molar-refractivity contribution in [2.24, 2.45) is 0 Å². The van der Waals surface area contributed by atoms with Gasteiger partial charge in [-0.05, 0) is 11.1 Å². The van der Waals surface area contributed by atoms with E-state index < -0.39 is 18.1 Å². The van der Waals surface area contributed by atoms with Gasteiger partial charge < -0.3 is 4.74 Å². The van der Waals surface area contributed by atoms with Gasteiger partial charge in [-0.1, -0.05) is 27.5 Å². The highest BCUT2D eigenvalue weighted by molar-refractivity contribution is 9.08. The number of pyridine rings is 1. The lowest BCUT2D eigenvalue weighted by Gasteiger charge is -2.11. The van der Waals surface area contributed by atoms with Gasteiger partial charge in [-0.25, -0.2) is 8.78 Å². The van der Waals surface area contributed by atoms with E-state index in [2.05, 4.69) is 25.7 Å². The van der Waals surface area contributed by atoms with Gasteiger partial charge in [0.05, 0.1) is 18.6 Å². The molecule has 0 atom stereocenters. The van der Waals surface area contributed by atoms with Crippen molar-refractivity contribution in [1.29, 1.82) is 0 Å². The molecular formula is C10H9BrClF2NO2. The van der Waals surface area contributed by atoms with Crippen LogP contribution in [0.25, 0.3) is 0 Å². The van der Waals surface area contributed by atoms with E-state index in [0.29, 0.717) is 16.5 Å². The molecule has 1 heterocycles. The van der Waals surface area contributed by atoms with Gasteiger partial charge in [-0.3, -0.25) is 9.78 Å². The number of nitrogens with zero attached hydrogens (tertiary/aromatic N) is 1. The Hall–Kier alpha value is -0.750. The molecule has 0 fully saturated rings. The van der Waals surface area contributed by atoms with Crippen LogP contribution in [-0.2, 0) is 21.3 Å². The van der Waals surface area contributed by atoms with Crippen molar-refractivity contribution in [2.75, 3.05) is 7.11 Å². The maximum absolute atomic E-state index is 12.6. The number of carbonyl (C=O) groups excluding carboxylic acids is 1. The maximum atomic E-state index is 12.6. The van der Waals surface area contributed by atoms with E-state index in [4.69, 9.17) is 11.6 Å². The van der Waals surface area contributed by atoms with Crippen LogP contribution in [-0.4, -0.2) is 18.1 Å². The predicted molar refractivity (Wildman–Crippen MR) is 62.6 cm³/mol. The third kappa shape index (κ3) is 3.35. The molecule has 1 aromatic heterocycles. The third-order valence-electron chi connectivity index (χ3n) is 2.14. The number of halogens is 4. The van der Waals surface area contributed by atoms with Crippen LogP contribution in [0.3, 0.4) is 0 Å². The minimum atomic E-state index is -2.77. The zero-order chi connectivity index (χ0) is 13.0. The molecule has 0 amide bonds. The number of hydrogen-bond donors (Lipinski definition) is 0. The van der Waals surface area contributed by atoms with Crippen molar-refractivity contribution in [3.05, 3.63) is 28.0 Å². The summed E-state index contributed by atoms with van der Waals surface area (Å²) in [4.78, 5) is 14.8. The van der Waals surface area contributed by atoms with E-state index in [1.165, 1.54) is 13.3 Å². The summed E-state index contributed by atoms with van der Waals surface area (Å²) in [6.45, 7) is 0. The third-order valence-corrected chi connectivity index (χ3v) is 3.16. The predicted octanol–water partition coefficient (Wildman–Crippen LogP) is 3.28. The minimum absolute atomic E-state index is 0.154. The molecule has 0 spiro atoms. The van der Waals surface area contributed by atoms with E-state index in [0.717, 1.165) is 0 Å². The average Bonchev–Trinajstić information content (AvgIpc) is 2.30. The molecule has 0 aliphatic rings. The van der Waals surface area contributed by atoms with Crippen molar-refractivity contribution in [3.8, 4) is 0 Å². The van der Waals surface area contributed by atoms with Crippen molar-refractivity contribution < 1.29 is 18.3 Å². The molecular weight excluding hydrogens is 319 g/mol. The summed E-state index contributed by atoms with van der Waals surface area (Å²) in [6, 6.07) is 0. The molecule has 0 unspecified atom stereocenters. The fourth-order valence-corrected chi connectivity index (χ4v) is 2.06. The first-order chi connectivity index (χ1) is 8.01. The Morgan fingerprint density at radius 3 is 2.76 bits per heavy atom. The number of alkyl halides is 3. The van der Waals surface area contributed by atoms with E-state index in [1.54, 1.807) is 0 Å². The van der Waals surface area contributed by atoms with Gasteiger partial charge in [-0.2, -0.15) is 0 Å². The smallest absolute Gasteiger partial charge is 0.310 e. The summed E-state index contributed by atoms with van der Waals surface area (Å²) >= 11 is 9.00. The first-order valence-electron chi connectivity index (χ1n) is 4.58. The molecule has 7 heteroatoms. The number of carbonyl (C=O) groups is 1. The van der Waals surface area contributed by atoms with E-state index in [-0.39, 0.29) is 11.4 Å². The SMILES string of the molecule is COC(=O)Cc1c(CBr)cnc(C(F)F)c1Cl. The second-order valence-electron chi connectivity index (χ2n) is 3.15. The highest BCUT2D eigenvalue weighted by Gasteiger charge is 2.20. The summed E-state index contributed by atoms with van der Waals surface area (Å²) in [5, 5.41) is 0.192. The van der Waals surface area contributed by atoms with Crippen LogP contribution in [0.5, 0.6) is 0 Å². The fraction of sp³-hybridized carbons (Fsp3) is 0.400. The zero-order valence-corrected chi connectivity index (χ0v) is 11.2. The Morgan fingerprint density at radius 1 is 1.65 bits per heavy atom. The Bertz CT molecular complexity index is 429. The second kappa shape index (κ2) is 6.26. The van der Waals surface area contributed by atoms with Crippen LogP contribution in [0.2, 0.25) is 5.02 Å². The average molecular weight is 329 g/mol. The number of aromatic nitrogens is 1. The van der Waals surface area contributed by atoms with Crippen LogP contribution >= 0.6 is 27.5 Å². The molecule has 17 heavy (non-hydrogen) atoms. The lowest BCUT2D eigenvalue weighted by Crippen LogP contribution is -2.09. The maximum Gasteiger partial charge on any atom is 0.310 e. The standard InChI is InChI=1S/C10H9BrClF2NO2/c1-17-7(16)2-6-5(3-11)4-15-9(8(6)12)10(13)14/h4,10H,2-3H2,1H3. The molecule has 0 bridgehead atoms. The summed E-state index contributed by atoms with van der Waals surface area (Å²) in [5.74, 6) is -0.541. The van der Waals surface area contributed by atoms with E-state index in [9.17, 15) is 13.6 Å². The lowest BCUT2D eigenvalue weighted by molar-refractivity contribution is -0.139. The highest BCUT2D eigenvalue weighted by Crippen LogP contribution is 2.31. The van der Waals surface area contributed by atoms with Crippen LogP contribution in [0.4, 0.5) is 8.78 Å². The summed E-state index contributed by atoms with van der Waals surface area (Å²) < 4.78 is 29.7. The minimum Gasteiger partial charge on any atom is -0.469 e. The number of esters is 1. The van der Waals surface area contributed by atoms with Crippen molar-refractivity contribution >= 4 is 33.5 Å². The topological polar surface area (TPSA) is 39.2 Å². The quantitative estimate of drug-likeness (QED) is 0.629. The van der Waals surface area contributed by atoms with Gasteiger partial charge in [0.15, 0.2) is 0 Å². The fourth-order valence-electron chi connectivity index (χ4n) is 1.25. The van der Waals surface area contributed by atoms with Crippen LogP contribution < -0.4 is 0 Å². The molecule has 0 saturated heterocycles. The number of hydrogen-bond acceptors (Lipinski definition) is 3. The largest absolute Gasteiger partial charge is 0.469 e. The normalized spacial score (nSPS) is 10.7. The number of rotatable bonds is 4. The monoisotopic (exact) mass is 327 g/mol. The molecule has 0 aliphatic heterocycles. The van der Waals surface area contributed by atoms with Gasteiger partial charge in [0.2, 0.25) is 0 Å². The van der Waals surface area contributed by atoms with Crippen LogP contribution in [0.15, 0.2) is 6.20 Å². The van der Waals surface area contributed by atoms with Gasteiger partial charge in [0.1, 0.15) is 5.69 Å². The molecule has 1 rings (SSSR count). The Balaban J connectivity index is 3.22. The Morgan fingerprint density at radius 2 is 2.29 bits per heavy atom. The van der Waals surface area contributed by atoms with E-state index >= 15 is 0 Å². The molecule has 0 radical (unpaired) electrons. The van der Waals surface area contributed by atoms with Crippen molar-refractivity contribution in [2.45, 2.75) is 18.2 Å². The van der Waals surface area contributed by atoms with Gasteiger partial charge >= 0.3 is 5.97 Å². The molecule has 0 N–H and O–H groups in total. The Kier molecular flexibility index (Phi) is 5.27. The molecule has 1 aromatic rings. The summed E-state index contributed by atoms with van der Waals surface area (Å²) in [7, 11) is 1.22. The van der Waals surface area contributed by atoms with Crippen LogP contribution in [0, 0.1) is 0 Å². The van der Waals surface area contributed by atoms with Crippen molar-refractivity contribution in [1.82, 2.24) is 4.98 Å². The molecule has 0 aliphatic carbocycles. The molecule has 0 saturated carbocycles. The second-order valence-corrected chi connectivity index (χ2v) is 4.09. The number of ether oxygens (including phenoxy) is 1. The lowest BCUT2D eigenvalue weighted by atomic mass is 10.1. The van der Waals surface area contributed by atoms with E-state index in [1.807, 2.05) is 0 Å². The molecule has 0 aromatic carbocycles. The zero-order valence-electron chi connectivity index (χ0n) is 8.84. The van der Waals surface area contributed by atoms with Gasteiger partial charge in [-0.15, -0.1) is 0 Å². The highest BCUT2D eigenvalue weighted by atomic mass is 79.9. The van der Waals surface area contributed by atoms with Crippen LogP contribution in [0.1, 0.15) is 23.2 Å². The van der Waals surface area contributed by atoms with Crippen molar-refractivity contribution in [3.63, 3.8) is 0 Å². The molecule has 3 nitrogen and oxygen atoms in total. The summed E-state index contributed by atoms with van der Waals surface area (Å²) in [5.41, 5.74) is 0.390. The number of methoxy groups -OCH3 is 1.